The van der Waals surface area contributed by atoms with Gasteiger partial charge in [0.25, 0.3) is 5.91 Å². The van der Waals surface area contributed by atoms with Crippen molar-refractivity contribution in [3.8, 4) is 11.5 Å². The number of nitrogens with zero attached hydrogens (tertiary/aromatic N) is 2. The summed E-state index contributed by atoms with van der Waals surface area (Å²) in [7, 11) is 4.38. The average Bonchev–Trinajstić information content (AvgIpc) is 3.12. The molecule has 0 aliphatic carbocycles. The number of benzene rings is 1. The standard InChI is InChI=1S/C18H22N2O5S/c1-11(2)20(9-16-19-15(10-26-16)18(22)25-5)17(21)12-6-13(23-3)8-14(7-12)24-4/h6-8,10-11H,9H2,1-5H3. The number of methoxy groups -OCH3 is 3. The summed E-state index contributed by atoms with van der Waals surface area (Å²) in [5.41, 5.74) is 0.700. The molecule has 2 rings (SSSR count). The second-order valence-corrected chi connectivity index (χ2v) is 6.69. The van der Waals surface area contributed by atoms with Crippen molar-refractivity contribution < 1.29 is 23.8 Å². The Bertz CT molecular complexity index is 765. The van der Waals surface area contributed by atoms with Crippen LogP contribution in [0.1, 0.15) is 39.7 Å². The van der Waals surface area contributed by atoms with E-state index in [2.05, 4.69) is 9.72 Å². The first-order valence-corrected chi connectivity index (χ1v) is 8.84. The molecule has 26 heavy (non-hydrogen) atoms. The van der Waals surface area contributed by atoms with E-state index in [0.717, 1.165) is 0 Å². The Hall–Kier alpha value is -2.61. The van der Waals surface area contributed by atoms with Gasteiger partial charge in [-0.25, -0.2) is 9.78 Å². The lowest BCUT2D eigenvalue weighted by Gasteiger charge is -2.26. The Kier molecular flexibility index (Phi) is 6.57. The van der Waals surface area contributed by atoms with Crippen LogP contribution in [0.15, 0.2) is 23.6 Å². The monoisotopic (exact) mass is 378 g/mol. The molecule has 0 bridgehead atoms. The van der Waals surface area contributed by atoms with Crippen molar-refractivity contribution in [3.63, 3.8) is 0 Å². The lowest BCUT2D eigenvalue weighted by atomic mass is 10.1. The fourth-order valence-corrected chi connectivity index (χ4v) is 3.07. The van der Waals surface area contributed by atoms with Crippen LogP contribution in [-0.2, 0) is 11.3 Å². The Morgan fingerprint density at radius 3 is 2.23 bits per heavy atom. The lowest BCUT2D eigenvalue weighted by molar-refractivity contribution is 0.0594. The second-order valence-electron chi connectivity index (χ2n) is 5.75. The summed E-state index contributed by atoms with van der Waals surface area (Å²) < 4.78 is 15.1. The van der Waals surface area contributed by atoms with Gasteiger partial charge in [0.15, 0.2) is 5.69 Å². The van der Waals surface area contributed by atoms with Gasteiger partial charge in [0.2, 0.25) is 0 Å². The van der Waals surface area contributed by atoms with Crippen LogP contribution in [0.4, 0.5) is 0 Å². The summed E-state index contributed by atoms with van der Waals surface area (Å²) >= 11 is 1.31. The van der Waals surface area contributed by atoms with Gasteiger partial charge in [-0.05, 0) is 26.0 Å². The van der Waals surface area contributed by atoms with Crippen LogP contribution < -0.4 is 9.47 Å². The maximum atomic E-state index is 13.0. The lowest BCUT2D eigenvalue weighted by Crippen LogP contribution is -2.36. The summed E-state index contributed by atoms with van der Waals surface area (Å²) in [6.07, 6.45) is 0. The van der Waals surface area contributed by atoms with Gasteiger partial charge in [-0.1, -0.05) is 0 Å². The van der Waals surface area contributed by atoms with E-state index in [-0.39, 0.29) is 24.2 Å². The zero-order valence-corrected chi connectivity index (χ0v) is 16.3. The first-order chi connectivity index (χ1) is 12.4. The molecule has 0 atom stereocenters. The molecule has 8 heteroatoms. The van der Waals surface area contributed by atoms with Crippen molar-refractivity contribution in [3.05, 3.63) is 39.8 Å². The highest BCUT2D eigenvalue weighted by Crippen LogP contribution is 2.25. The molecule has 2 aromatic rings. The minimum absolute atomic E-state index is 0.0647. The maximum Gasteiger partial charge on any atom is 0.357 e. The van der Waals surface area contributed by atoms with Crippen molar-refractivity contribution in [2.24, 2.45) is 0 Å². The van der Waals surface area contributed by atoms with E-state index < -0.39 is 5.97 Å². The third-order valence-corrected chi connectivity index (χ3v) is 4.57. The van der Waals surface area contributed by atoms with Gasteiger partial charge in [0.05, 0.1) is 27.9 Å². The number of ether oxygens (including phenoxy) is 3. The molecule has 0 saturated carbocycles. The van der Waals surface area contributed by atoms with Crippen LogP contribution in [0.5, 0.6) is 11.5 Å². The van der Waals surface area contributed by atoms with Gasteiger partial charge in [-0.15, -0.1) is 11.3 Å². The number of aromatic nitrogens is 1. The molecular weight excluding hydrogens is 356 g/mol. The van der Waals surface area contributed by atoms with Crippen molar-refractivity contribution in [2.45, 2.75) is 26.4 Å². The highest BCUT2D eigenvalue weighted by atomic mass is 32.1. The maximum absolute atomic E-state index is 13.0. The number of hydrogen-bond acceptors (Lipinski definition) is 7. The smallest absolute Gasteiger partial charge is 0.357 e. The topological polar surface area (TPSA) is 78.0 Å². The number of thiazole rings is 1. The molecular formula is C18H22N2O5S. The highest BCUT2D eigenvalue weighted by Gasteiger charge is 2.22. The van der Waals surface area contributed by atoms with Crippen LogP contribution >= 0.6 is 11.3 Å². The SMILES string of the molecule is COC(=O)c1csc(CN(C(=O)c2cc(OC)cc(OC)c2)C(C)C)n1. The molecule has 1 amide bonds. The van der Waals surface area contributed by atoms with E-state index in [4.69, 9.17) is 9.47 Å². The van der Waals surface area contributed by atoms with Crippen LogP contribution in [0.2, 0.25) is 0 Å². The third kappa shape index (κ3) is 4.51. The second kappa shape index (κ2) is 8.66. The molecule has 0 radical (unpaired) electrons. The van der Waals surface area contributed by atoms with Crippen LogP contribution in [0.25, 0.3) is 0 Å². The van der Waals surface area contributed by atoms with Gasteiger partial charge in [-0.2, -0.15) is 0 Å². The molecule has 1 heterocycles. The number of rotatable bonds is 7. The number of amides is 1. The van der Waals surface area contributed by atoms with Gasteiger partial charge in [-0.3, -0.25) is 4.79 Å². The number of carbonyl (C=O) groups excluding carboxylic acids is 2. The zero-order chi connectivity index (χ0) is 19.3. The summed E-state index contributed by atoms with van der Waals surface area (Å²) in [5, 5.41) is 2.28. The van der Waals surface area contributed by atoms with Gasteiger partial charge in [0, 0.05) is 23.1 Å². The van der Waals surface area contributed by atoms with E-state index >= 15 is 0 Å². The molecule has 0 aliphatic rings. The average molecular weight is 378 g/mol. The predicted molar refractivity (Wildman–Crippen MR) is 98.0 cm³/mol. The van der Waals surface area contributed by atoms with E-state index in [9.17, 15) is 9.59 Å². The summed E-state index contributed by atoms with van der Waals surface area (Å²) in [6, 6.07) is 4.98. The molecule has 1 aromatic heterocycles. The summed E-state index contributed by atoms with van der Waals surface area (Å²) in [5.74, 6) is 0.414. The molecule has 0 N–H and O–H groups in total. The molecule has 7 nitrogen and oxygen atoms in total. The first-order valence-electron chi connectivity index (χ1n) is 7.96. The summed E-state index contributed by atoms with van der Waals surface area (Å²) in [4.78, 5) is 30.5. The quantitative estimate of drug-likeness (QED) is 0.689. The largest absolute Gasteiger partial charge is 0.497 e. The Morgan fingerprint density at radius 1 is 1.12 bits per heavy atom. The first kappa shape index (κ1) is 19.7. The van der Waals surface area contributed by atoms with E-state index in [0.29, 0.717) is 22.1 Å². The molecule has 1 aromatic carbocycles. The minimum Gasteiger partial charge on any atom is -0.497 e. The van der Waals surface area contributed by atoms with Gasteiger partial charge in [0.1, 0.15) is 16.5 Å². The van der Waals surface area contributed by atoms with Crippen molar-refractivity contribution in [1.82, 2.24) is 9.88 Å². The number of carbonyl (C=O) groups is 2. The van der Waals surface area contributed by atoms with Crippen molar-refractivity contribution in [2.75, 3.05) is 21.3 Å². The third-order valence-electron chi connectivity index (χ3n) is 3.73. The Morgan fingerprint density at radius 2 is 1.73 bits per heavy atom. The zero-order valence-electron chi connectivity index (χ0n) is 15.4. The van der Waals surface area contributed by atoms with Gasteiger partial charge < -0.3 is 19.1 Å². The van der Waals surface area contributed by atoms with E-state index in [1.54, 1.807) is 28.5 Å². The van der Waals surface area contributed by atoms with Crippen LogP contribution in [-0.4, -0.2) is 49.1 Å². The molecule has 0 aliphatic heterocycles. The Labute approximate surface area is 156 Å². The molecule has 0 saturated heterocycles. The van der Waals surface area contributed by atoms with E-state index in [1.165, 1.54) is 32.7 Å². The predicted octanol–water partition coefficient (Wildman–Crippen LogP) is 3.00. The van der Waals surface area contributed by atoms with Crippen LogP contribution in [0, 0.1) is 0 Å². The van der Waals surface area contributed by atoms with Crippen LogP contribution in [0.3, 0.4) is 0 Å². The summed E-state index contributed by atoms with van der Waals surface area (Å²) in [6.45, 7) is 4.13. The fourth-order valence-electron chi connectivity index (χ4n) is 2.31. The van der Waals surface area contributed by atoms with E-state index in [1.807, 2.05) is 13.8 Å². The molecule has 0 fully saturated rings. The fraction of sp³-hybridized carbons (Fsp3) is 0.389. The highest BCUT2D eigenvalue weighted by molar-refractivity contribution is 7.09. The minimum atomic E-state index is -0.493. The number of esters is 1. The Balaban J connectivity index is 2.28. The number of hydrogen-bond donors (Lipinski definition) is 0. The van der Waals surface area contributed by atoms with Crippen molar-refractivity contribution >= 4 is 23.2 Å². The molecule has 0 spiro atoms. The normalized spacial score (nSPS) is 10.5. The molecule has 0 unspecified atom stereocenters. The molecule has 140 valence electrons. The van der Waals surface area contributed by atoms with Crippen molar-refractivity contribution in [1.29, 1.82) is 0 Å². The van der Waals surface area contributed by atoms with Gasteiger partial charge >= 0.3 is 5.97 Å².